The molecule has 0 fully saturated rings. The fourth-order valence-corrected chi connectivity index (χ4v) is 12.5. The molecule has 0 atom stereocenters. The van der Waals surface area contributed by atoms with Crippen molar-refractivity contribution in [1.29, 1.82) is 0 Å². The van der Waals surface area contributed by atoms with Crippen LogP contribution in [0.3, 0.4) is 0 Å². The summed E-state index contributed by atoms with van der Waals surface area (Å²) in [5, 5.41) is 9.25. The minimum atomic E-state index is -1.75. The summed E-state index contributed by atoms with van der Waals surface area (Å²) in [6.07, 6.45) is 0. The molecule has 2 rings (SSSR count). The van der Waals surface area contributed by atoms with Gasteiger partial charge in [-0.1, -0.05) is 58.9 Å². The van der Waals surface area contributed by atoms with Crippen LogP contribution in [0.15, 0.2) is 27.9 Å². The summed E-state index contributed by atoms with van der Waals surface area (Å²) >= 11 is 1.36. The van der Waals surface area contributed by atoms with Crippen molar-refractivity contribution in [3.8, 4) is 0 Å². The van der Waals surface area contributed by atoms with Crippen LogP contribution in [0, 0.1) is 6.92 Å². The molecule has 0 N–H and O–H groups in total. The van der Waals surface area contributed by atoms with Gasteiger partial charge >= 0.3 is 5.69 Å². The average Bonchev–Trinajstić information content (AvgIpc) is 2.82. The Labute approximate surface area is 155 Å². The number of aromatic nitrogens is 4. The lowest BCUT2D eigenvalue weighted by Gasteiger charge is -2.44. The lowest BCUT2D eigenvalue weighted by molar-refractivity contribution is 0.694. The SMILES string of the molecule is Cc1c(Sn2nnn(C)c2=O)cccc1[Si](C(C)C)(C(C)C)C(C)C. The van der Waals surface area contributed by atoms with E-state index in [1.807, 2.05) is 0 Å². The molecule has 25 heavy (non-hydrogen) atoms. The summed E-state index contributed by atoms with van der Waals surface area (Å²) in [5.74, 6) is 0. The fourth-order valence-electron chi connectivity index (χ4n) is 4.56. The van der Waals surface area contributed by atoms with Gasteiger partial charge in [-0.25, -0.2) is 4.79 Å². The third kappa shape index (κ3) is 3.36. The van der Waals surface area contributed by atoms with E-state index in [1.165, 1.54) is 31.5 Å². The van der Waals surface area contributed by atoms with Crippen LogP contribution in [0.4, 0.5) is 0 Å². The van der Waals surface area contributed by atoms with Gasteiger partial charge in [0.1, 0.15) is 0 Å². The monoisotopic (exact) mass is 378 g/mol. The van der Waals surface area contributed by atoms with Gasteiger partial charge in [0.05, 0.1) is 8.07 Å². The highest BCUT2D eigenvalue weighted by Gasteiger charge is 2.45. The molecule has 0 amide bonds. The first kappa shape index (κ1) is 20.0. The summed E-state index contributed by atoms with van der Waals surface area (Å²) in [4.78, 5) is 13.2. The maximum Gasteiger partial charge on any atom is 0.374 e. The average molecular weight is 379 g/mol. The van der Waals surface area contributed by atoms with E-state index in [9.17, 15) is 4.79 Å². The molecular weight excluding hydrogens is 348 g/mol. The van der Waals surface area contributed by atoms with Crippen molar-refractivity contribution in [2.75, 3.05) is 0 Å². The summed E-state index contributed by atoms with van der Waals surface area (Å²) in [6, 6.07) is 6.51. The van der Waals surface area contributed by atoms with E-state index in [2.05, 4.69) is 77.1 Å². The van der Waals surface area contributed by atoms with Crippen molar-refractivity contribution in [1.82, 2.24) is 19.2 Å². The molecule has 1 aromatic heterocycles. The van der Waals surface area contributed by atoms with Crippen LogP contribution >= 0.6 is 11.9 Å². The van der Waals surface area contributed by atoms with Gasteiger partial charge in [0.15, 0.2) is 0 Å². The minimum absolute atomic E-state index is 0.213. The number of benzene rings is 1. The van der Waals surface area contributed by atoms with Gasteiger partial charge < -0.3 is 0 Å². The Bertz CT molecular complexity index is 773. The molecule has 0 aliphatic heterocycles. The molecule has 1 aromatic carbocycles. The normalized spacial score (nSPS) is 12.6. The summed E-state index contributed by atoms with van der Waals surface area (Å²) in [7, 11) is -0.132. The van der Waals surface area contributed by atoms with Crippen LogP contribution in [-0.2, 0) is 7.05 Å². The zero-order chi connectivity index (χ0) is 18.9. The Morgan fingerprint density at radius 2 is 1.56 bits per heavy atom. The highest BCUT2D eigenvalue weighted by Crippen LogP contribution is 2.42. The maximum atomic E-state index is 12.1. The van der Waals surface area contributed by atoms with Gasteiger partial charge in [-0.3, -0.25) is 0 Å². The first-order valence-electron chi connectivity index (χ1n) is 8.91. The molecule has 0 aliphatic rings. The van der Waals surface area contributed by atoms with Crippen molar-refractivity contribution in [3.05, 3.63) is 34.2 Å². The third-order valence-electron chi connectivity index (χ3n) is 5.50. The van der Waals surface area contributed by atoms with E-state index >= 15 is 0 Å². The number of rotatable bonds is 6. The second kappa shape index (κ2) is 7.49. The number of nitrogens with zero attached hydrogens (tertiary/aromatic N) is 4. The maximum absolute atomic E-state index is 12.1. The topological polar surface area (TPSA) is 52.7 Å². The molecule has 0 saturated heterocycles. The Balaban J connectivity index is 2.60. The Kier molecular flexibility index (Phi) is 5.99. The van der Waals surface area contributed by atoms with E-state index in [0.29, 0.717) is 16.6 Å². The highest BCUT2D eigenvalue weighted by atomic mass is 32.2. The van der Waals surface area contributed by atoms with Crippen molar-refractivity contribution in [2.45, 2.75) is 70.0 Å². The molecule has 0 unspecified atom stereocenters. The minimum Gasteiger partial charge on any atom is -0.243 e. The van der Waals surface area contributed by atoms with Gasteiger partial charge in [0.25, 0.3) is 0 Å². The molecule has 0 spiro atoms. The lowest BCUT2D eigenvalue weighted by Crippen LogP contribution is -2.56. The molecule has 0 radical (unpaired) electrons. The Hall–Kier alpha value is -1.34. The van der Waals surface area contributed by atoms with Crippen LogP contribution < -0.4 is 10.9 Å². The van der Waals surface area contributed by atoms with E-state index in [1.54, 1.807) is 7.05 Å². The molecule has 0 saturated carbocycles. The van der Waals surface area contributed by atoms with Gasteiger partial charge in [-0.15, -0.1) is 4.09 Å². The first-order chi connectivity index (χ1) is 11.6. The summed E-state index contributed by atoms with van der Waals surface area (Å²) in [5.41, 5.74) is 3.00. The summed E-state index contributed by atoms with van der Waals surface area (Å²) in [6.45, 7) is 16.4. The molecule has 0 aliphatic carbocycles. The van der Waals surface area contributed by atoms with Crippen LogP contribution in [-0.4, -0.2) is 27.3 Å². The second-order valence-electron chi connectivity index (χ2n) is 7.68. The standard InChI is InChI=1S/C18H30N4OSSi/c1-12(2)25(13(3)4,14(5)6)17-11-9-10-16(15(17)7)24-22-18(23)21(8)19-20-22/h9-14H,1-8H3. The van der Waals surface area contributed by atoms with E-state index in [4.69, 9.17) is 0 Å². The van der Waals surface area contributed by atoms with Crippen molar-refractivity contribution < 1.29 is 0 Å². The van der Waals surface area contributed by atoms with Gasteiger partial charge in [-0.2, -0.15) is 4.68 Å². The number of aryl methyl sites for hydroxylation is 1. The highest BCUT2D eigenvalue weighted by molar-refractivity contribution is 7.97. The number of hydrogen-bond donors (Lipinski definition) is 0. The number of hydrogen-bond acceptors (Lipinski definition) is 4. The molecule has 0 bridgehead atoms. The van der Waals surface area contributed by atoms with Gasteiger partial charge in [-0.05, 0) is 45.6 Å². The Morgan fingerprint density at radius 1 is 1.00 bits per heavy atom. The third-order valence-corrected chi connectivity index (χ3v) is 13.7. The molecule has 7 heteroatoms. The predicted octanol–water partition coefficient (Wildman–Crippen LogP) is 3.73. The Morgan fingerprint density at radius 3 is 2.00 bits per heavy atom. The van der Waals surface area contributed by atoms with Crippen molar-refractivity contribution >= 4 is 25.2 Å². The molecular formula is C18H30N4OSSi. The van der Waals surface area contributed by atoms with Gasteiger partial charge in [0, 0.05) is 23.9 Å². The second-order valence-corrected chi connectivity index (χ2v) is 14.5. The largest absolute Gasteiger partial charge is 0.374 e. The molecule has 1 heterocycles. The van der Waals surface area contributed by atoms with Gasteiger partial charge in [0.2, 0.25) is 0 Å². The smallest absolute Gasteiger partial charge is 0.243 e. The van der Waals surface area contributed by atoms with Crippen LogP contribution in [0.1, 0.15) is 47.1 Å². The number of tetrazole rings is 1. The molecule has 138 valence electrons. The van der Waals surface area contributed by atoms with Crippen LogP contribution in [0.25, 0.3) is 0 Å². The fraction of sp³-hybridized carbons (Fsp3) is 0.611. The zero-order valence-electron chi connectivity index (χ0n) is 16.6. The van der Waals surface area contributed by atoms with Crippen LogP contribution in [0.2, 0.25) is 16.6 Å². The quantitative estimate of drug-likeness (QED) is 0.719. The molecule has 5 nitrogen and oxygen atoms in total. The van der Waals surface area contributed by atoms with E-state index in [0.717, 1.165) is 4.90 Å². The zero-order valence-corrected chi connectivity index (χ0v) is 18.4. The molecule has 2 aromatic rings. The van der Waals surface area contributed by atoms with Crippen molar-refractivity contribution in [3.63, 3.8) is 0 Å². The van der Waals surface area contributed by atoms with Crippen LogP contribution in [0.5, 0.6) is 0 Å². The summed E-state index contributed by atoms with van der Waals surface area (Å²) < 4.78 is 2.61. The predicted molar refractivity (Wildman–Crippen MR) is 108 cm³/mol. The first-order valence-corrected chi connectivity index (χ1v) is 11.9. The van der Waals surface area contributed by atoms with E-state index < -0.39 is 8.07 Å². The van der Waals surface area contributed by atoms with Crippen molar-refractivity contribution in [2.24, 2.45) is 7.05 Å². The lowest BCUT2D eigenvalue weighted by atomic mass is 10.2. The van der Waals surface area contributed by atoms with E-state index in [-0.39, 0.29) is 5.69 Å².